The molecular weight excluding hydrogens is 214 g/mol. The predicted molar refractivity (Wildman–Crippen MR) is 62.4 cm³/mol. The first kappa shape index (κ1) is 13.9. The molecule has 0 unspecified atom stereocenters. The molecule has 3 N–H and O–H groups in total. The van der Waals surface area contributed by atoms with Crippen LogP contribution >= 0.6 is 12.4 Å². The van der Waals surface area contributed by atoms with Crippen molar-refractivity contribution >= 4 is 18.4 Å². The van der Waals surface area contributed by atoms with E-state index in [0.29, 0.717) is 13.0 Å². The van der Waals surface area contributed by atoms with Crippen LogP contribution in [-0.2, 0) is 17.6 Å². The fraction of sp³-hybridized carbons (Fsp3) is 0.364. The van der Waals surface area contributed by atoms with Gasteiger partial charge in [0.05, 0.1) is 0 Å². The molecule has 0 saturated heterocycles. The Hall–Kier alpha value is -1.06. The normalized spacial score (nSPS) is 9.40. The van der Waals surface area contributed by atoms with Crippen molar-refractivity contribution in [2.75, 3.05) is 6.54 Å². The molecule has 84 valence electrons. The van der Waals surface area contributed by atoms with Crippen LogP contribution in [0.1, 0.15) is 17.5 Å². The van der Waals surface area contributed by atoms with Gasteiger partial charge in [-0.2, -0.15) is 0 Å². The molecule has 0 bridgehead atoms. The van der Waals surface area contributed by atoms with E-state index in [2.05, 4.69) is 0 Å². The smallest absolute Gasteiger partial charge is 0.303 e. The second-order valence-corrected chi connectivity index (χ2v) is 3.25. The Morgan fingerprint density at radius 3 is 2.00 bits per heavy atom. The van der Waals surface area contributed by atoms with Gasteiger partial charge in [-0.25, -0.2) is 0 Å². The molecule has 1 rings (SSSR count). The number of aliphatic carboxylic acids is 1. The van der Waals surface area contributed by atoms with Gasteiger partial charge in [-0.1, -0.05) is 24.3 Å². The molecule has 0 fully saturated rings. The molecular formula is C11H16ClNO2. The molecule has 0 aliphatic rings. The fourth-order valence-corrected chi connectivity index (χ4v) is 1.29. The van der Waals surface area contributed by atoms with Gasteiger partial charge in [0.15, 0.2) is 0 Å². The van der Waals surface area contributed by atoms with E-state index in [0.717, 1.165) is 12.0 Å². The van der Waals surface area contributed by atoms with E-state index in [-0.39, 0.29) is 18.8 Å². The maximum absolute atomic E-state index is 10.3. The molecule has 0 amide bonds. The minimum Gasteiger partial charge on any atom is -0.481 e. The minimum absolute atomic E-state index is 0. The van der Waals surface area contributed by atoms with Crippen LogP contribution in [0.2, 0.25) is 0 Å². The lowest BCUT2D eigenvalue weighted by Crippen LogP contribution is -2.02. The van der Waals surface area contributed by atoms with Crippen LogP contribution in [0.15, 0.2) is 24.3 Å². The van der Waals surface area contributed by atoms with Crippen molar-refractivity contribution in [2.24, 2.45) is 5.73 Å². The van der Waals surface area contributed by atoms with Crippen molar-refractivity contribution in [2.45, 2.75) is 19.3 Å². The molecule has 0 aliphatic carbocycles. The zero-order chi connectivity index (χ0) is 10.4. The van der Waals surface area contributed by atoms with Crippen molar-refractivity contribution in [3.63, 3.8) is 0 Å². The minimum atomic E-state index is -0.754. The third-order valence-electron chi connectivity index (χ3n) is 2.08. The van der Waals surface area contributed by atoms with E-state index in [1.54, 1.807) is 0 Å². The Bertz CT molecular complexity index is 298. The lowest BCUT2D eigenvalue weighted by Gasteiger charge is -2.01. The summed E-state index contributed by atoms with van der Waals surface area (Å²) in [6.45, 7) is 0.647. The van der Waals surface area contributed by atoms with Crippen LogP contribution in [0.5, 0.6) is 0 Å². The first-order chi connectivity index (χ1) is 6.72. The molecule has 0 saturated carbocycles. The zero-order valence-electron chi connectivity index (χ0n) is 8.48. The van der Waals surface area contributed by atoms with E-state index in [4.69, 9.17) is 10.8 Å². The number of aryl methyl sites for hydroxylation is 1. The highest BCUT2D eigenvalue weighted by molar-refractivity contribution is 5.85. The average Bonchev–Trinajstić information content (AvgIpc) is 2.17. The number of nitrogens with two attached hydrogens (primary N) is 1. The largest absolute Gasteiger partial charge is 0.481 e. The summed E-state index contributed by atoms with van der Waals surface area (Å²) < 4.78 is 0. The topological polar surface area (TPSA) is 63.3 Å². The highest BCUT2D eigenvalue weighted by Gasteiger charge is 1.98. The van der Waals surface area contributed by atoms with Crippen molar-refractivity contribution in [3.8, 4) is 0 Å². The maximum Gasteiger partial charge on any atom is 0.303 e. The second-order valence-electron chi connectivity index (χ2n) is 3.25. The Morgan fingerprint density at radius 2 is 1.60 bits per heavy atom. The molecule has 0 heterocycles. The molecule has 15 heavy (non-hydrogen) atoms. The summed E-state index contributed by atoms with van der Waals surface area (Å²) in [5.74, 6) is -0.754. The number of carboxylic acid groups (broad SMARTS) is 1. The number of carbonyl (C=O) groups is 1. The van der Waals surface area contributed by atoms with Crippen LogP contribution in [-0.4, -0.2) is 17.6 Å². The van der Waals surface area contributed by atoms with E-state index < -0.39 is 5.97 Å². The molecule has 4 heteroatoms. The van der Waals surface area contributed by atoms with Crippen LogP contribution < -0.4 is 5.73 Å². The van der Waals surface area contributed by atoms with E-state index in [1.807, 2.05) is 24.3 Å². The van der Waals surface area contributed by atoms with Crippen LogP contribution in [0.4, 0.5) is 0 Å². The van der Waals surface area contributed by atoms with Gasteiger partial charge in [0, 0.05) is 6.42 Å². The maximum atomic E-state index is 10.3. The van der Waals surface area contributed by atoms with Crippen molar-refractivity contribution < 1.29 is 9.90 Å². The lowest BCUT2D eigenvalue weighted by atomic mass is 10.1. The predicted octanol–water partition coefficient (Wildman–Crippen LogP) is 1.63. The van der Waals surface area contributed by atoms with Gasteiger partial charge in [-0.05, 0) is 30.5 Å². The van der Waals surface area contributed by atoms with E-state index >= 15 is 0 Å². The number of rotatable bonds is 5. The highest BCUT2D eigenvalue weighted by Crippen LogP contribution is 2.06. The quantitative estimate of drug-likeness (QED) is 0.807. The number of hydrogen-bond acceptors (Lipinski definition) is 2. The highest BCUT2D eigenvalue weighted by atomic mass is 35.5. The fourth-order valence-electron chi connectivity index (χ4n) is 1.29. The Balaban J connectivity index is 0.00000196. The van der Waals surface area contributed by atoms with Crippen LogP contribution in [0.25, 0.3) is 0 Å². The standard InChI is InChI=1S/C11H15NO2.ClH/c12-8-7-10-3-1-9(2-4-10)5-6-11(13)14;/h1-4H,5-8,12H2,(H,13,14);1H. The first-order valence-electron chi connectivity index (χ1n) is 4.72. The van der Waals surface area contributed by atoms with Crippen molar-refractivity contribution in [1.29, 1.82) is 0 Å². The lowest BCUT2D eigenvalue weighted by molar-refractivity contribution is -0.136. The molecule has 1 aromatic carbocycles. The summed E-state index contributed by atoms with van der Waals surface area (Å²) in [6.07, 6.45) is 1.66. The Labute approximate surface area is 95.7 Å². The summed E-state index contributed by atoms with van der Waals surface area (Å²) in [6, 6.07) is 7.94. The van der Waals surface area contributed by atoms with Crippen molar-refractivity contribution in [1.82, 2.24) is 0 Å². The SMILES string of the molecule is Cl.NCCc1ccc(CCC(=O)O)cc1. The zero-order valence-corrected chi connectivity index (χ0v) is 9.30. The third-order valence-corrected chi connectivity index (χ3v) is 2.08. The van der Waals surface area contributed by atoms with Gasteiger partial charge in [0.2, 0.25) is 0 Å². The third kappa shape index (κ3) is 5.40. The van der Waals surface area contributed by atoms with Gasteiger partial charge >= 0.3 is 5.97 Å². The molecule has 0 spiro atoms. The monoisotopic (exact) mass is 229 g/mol. The van der Waals surface area contributed by atoms with E-state index in [9.17, 15) is 4.79 Å². The summed E-state index contributed by atoms with van der Waals surface area (Å²) in [5, 5.41) is 8.50. The molecule has 1 aromatic rings. The van der Waals surface area contributed by atoms with Gasteiger partial charge in [0.1, 0.15) is 0 Å². The Morgan fingerprint density at radius 1 is 1.13 bits per heavy atom. The molecule has 0 aliphatic heterocycles. The van der Waals surface area contributed by atoms with Crippen LogP contribution in [0.3, 0.4) is 0 Å². The summed E-state index contributed by atoms with van der Waals surface area (Å²) in [4.78, 5) is 10.3. The Kier molecular flexibility index (Phi) is 6.75. The van der Waals surface area contributed by atoms with E-state index in [1.165, 1.54) is 5.56 Å². The average molecular weight is 230 g/mol. The first-order valence-corrected chi connectivity index (χ1v) is 4.72. The van der Waals surface area contributed by atoms with Crippen molar-refractivity contribution in [3.05, 3.63) is 35.4 Å². The molecule has 3 nitrogen and oxygen atoms in total. The van der Waals surface area contributed by atoms with Gasteiger partial charge < -0.3 is 10.8 Å². The van der Waals surface area contributed by atoms with Gasteiger partial charge in [0.25, 0.3) is 0 Å². The number of halogens is 1. The van der Waals surface area contributed by atoms with Crippen LogP contribution in [0, 0.1) is 0 Å². The summed E-state index contributed by atoms with van der Waals surface area (Å²) in [7, 11) is 0. The molecule has 0 radical (unpaired) electrons. The van der Waals surface area contributed by atoms with Gasteiger partial charge in [-0.15, -0.1) is 12.4 Å². The number of hydrogen-bond donors (Lipinski definition) is 2. The second kappa shape index (κ2) is 7.26. The number of benzene rings is 1. The van der Waals surface area contributed by atoms with Gasteiger partial charge in [-0.3, -0.25) is 4.79 Å². The molecule has 0 aromatic heterocycles. The number of carboxylic acids is 1. The summed E-state index contributed by atoms with van der Waals surface area (Å²) in [5.41, 5.74) is 7.68. The molecule has 0 atom stereocenters. The summed E-state index contributed by atoms with van der Waals surface area (Å²) >= 11 is 0.